The second kappa shape index (κ2) is 7.13. The fourth-order valence-electron chi connectivity index (χ4n) is 4.12. The predicted octanol–water partition coefficient (Wildman–Crippen LogP) is 5.57. The van der Waals surface area contributed by atoms with Crippen LogP contribution in [0.3, 0.4) is 0 Å². The molecule has 5 heteroatoms. The van der Waals surface area contributed by atoms with Crippen LogP contribution in [0.15, 0.2) is 83.9 Å². The fraction of sp³-hybridized carbons (Fsp3) is 0.154. The monoisotopic (exact) mass is 410 g/mol. The summed E-state index contributed by atoms with van der Waals surface area (Å²) in [6.07, 6.45) is -1.55. The molecular formula is C26H20N2O3. The molecule has 0 saturated heterocycles. The minimum atomic E-state index is -1.46. The molecule has 2 atom stereocenters. The maximum atomic E-state index is 10.1. The largest absolute Gasteiger partial charge is 0.506 e. The lowest BCUT2D eigenvalue weighted by Crippen LogP contribution is -2.23. The Kier molecular flexibility index (Phi) is 3.66. The molecule has 31 heavy (non-hydrogen) atoms. The zero-order valence-corrected chi connectivity index (χ0v) is 16.5. The number of ether oxygens (including phenoxy) is 2. The molecule has 6 rings (SSSR count). The number of aromatic nitrogens is 1. The Morgan fingerprint density at radius 1 is 1.00 bits per heavy atom. The van der Waals surface area contributed by atoms with E-state index in [4.69, 9.17) is 17.2 Å². The van der Waals surface area contributed by atoms with Crippen molar-refractivity contribution in [2.75, 3.05) is 0 Å². The SMILES string of the molecule is [2H]C1([2H])CC2OC(c3cccc(Oc4ccc5cccc(O)c5n4)c3)=N[C@H]2c2ccccc21. The molecule has 1 unspecified atom stereocenters. The zero-order valence-electron chi connectivity index (χ0n) is 18.5. The first kappa shape index (κ1) is 15.9. The van der Waals surface area contributed by atoms with Gasteiger partial charge in [-0.3, -0.25) is 0 Å². The summed E-state index contributed by atoms with van der Waals surface area (Å²) in [5.41, 5.74) is 2.79. The van der Waals surface area contributed by atoms with Crippen molar-refractivity contribution >= 4 is 16.8 Å². The van der Waals surface area contributed by atoms with E-state index in [1.807, 2.05) is 60.7 Å². The summed E-state index contributed by atoms with van der Waals surface area (Å²) in [6, 6.07) is 23.5. The molecule has 2 heterocycles. The molecule has 1 aromatic heterocycles. The molecule has 5 nitrogen and oxygen atoms in total. The van der Waals surface area contributed by atoms with Gasteiger partial charge >= 0.3 is 0 Å². The van der Waals surface area contributed by atoms with Crippen molar-refractivity contribution in [3.8, 4) is 17.4 Å². The number of nitrogens with zero attached hydrogens (tertiary/aromatic N) is 2. The van der Waals surface area contributed by atoms with Crippen LogP contribution in [0.5, 0.6) is 17.4 Å². The fourth-order valence-corrected chi connectivity index (χ4v) is 4.12. The van der Waals surface area contributed by atoms with Gasteiger partial charge in [-0.1, -0.05) is 42.5 Å². The quantitative estimate of drug-likeness (QED) is 0.480. The van der Waals surface area contributed by atoms with Gasteiger partial charge in [0.05, 0.1) is 0 Å². The number of phenols is 1. The summed E-state index contributed by atoms with van der Waals surface area (Å²) < 4.78 is 29.0. The molecule has 0 amide bonds. The Hall–Kier alpha value is -3.86. The molecule has 1 aliphatic heterocycles. The van der Waals surface area contributed by atoms with Crippen molar-refractivity contribution in [1.82, 2.24) is 4.98 Å². The van der Waals surface area contributed by atoms with E-state index in [0.717, 1.165) is 16.5 Å². The van der Waals surface area contributed by atoms with Crippen LogP contribution in [0.1, 0.15) is 31.9 Å². The third-order valence-corrected chi connectivity index (χ3v) is 5.62. The average Bonchev–Trinajstić information content (AvgIpc) is 3.23. The average molecular weight is 410 g/mol. The number of phenolic OH excluding ortho intramolecular Hbond substituents is 1. The molecule has 1 N–H and O–H groups in total. The van der Waals surface area contributed by atoms with E-state index in [1.54, 1.807) is 18.2 Å². The van der Waals surface area contributed by atoms with Gasteiger partial charge in [-0.25, -0.2) is 9.98 Å². The van der Waals surface area contributed by atoms with Crippen LogP contribution in [0.25, 0.3) is 10.9 Å². The summed E-state index contributed by atoms with van der Waals surface area (Å²) in [6.45, 7) is 0. The van der Waals surface area contributed by atoms with Gasteiger partial charge < -0.3 is 14.6 Å². The highest BCUT2D eigenvalue weighted by atomic mass is 16.5. The molecule has 0 radical (unpaired) electrons. The van der Waals surface area contributed by atoms with Crippen LogP contribution < -0.4 is 4.74 Å². The number of hydrogen-bond acceptors (Lipinski definition) is 5. The number of fused-ring (bicyclic) bond motifs is 4. The van der Waals surface area contributed by atoms with Crippen LogP contribution in [0.4, 0.5) is 0 Å². The van der Waals surface area contributed by atoms with E-state index in [1.165, 1.54) is 0 Å². The van der Waals surface area contributed by atoms with E-state index >= 15 is 0 Å². The highest BCUT2D eigenvalue weighted by Crippen LogP contribution is 2.39. The van der Waals surface area contributed by atoms with Gasteiger partial charge in [-0.2, -0.15) is 0 Å². The van der Waals surface area contributed by atoms with Gasteiger partial charge in [0, 0.05) is 19.8 Å². The smallest absolute Gasteiger partial charge is 0.219 e. The molecule has 0 bridgehead atoms. The standard InChI is InChI=1S/C26H20N2O3/c29-21-10-4-6-17-12-14-23(27-24(17)21)30-19-8-3-7-18(15-19)26-28-25-20-9-2-1-5-16(20)11-13-22(25)31-26/h1-10,12,14-15,22,25,29H,11,13H2/t22?,25-/m0/s1/i11D2. The maximum absolute atomic E-state index is 10.1. The number of benzene rings is 3. The van der Waals surface area contributed by atoms with Crippen LogP contribution >= 0.6 is 0 Å². The Morgan fingerprint density at radius 2 is 1.90 bits per heavy atom. The number of pyridine rings is 1. The van der Waals surface area contributed by atoms with Gasteiger partial charge in [0.25, 0.3) is 0 Å². The van der Waals surface area contributed by atoms with E-state index < -0.39 is 6.37 Å². The minimum absolute atomic E-state index is 0.100. The number of aliphatic imine (C=N–C) groups is 1. The number of rotatable bonds is 3. The molecule has 0 fully saturated rings. The van der Waals surface area contributed by atoms with Crippen molar-refractivity contribution in [2.45, 2.75) is 24.9 Å². The zero-order chi connectivity index (χ0) is 22.6. The third kappa shape index (κ3) is 3.19. The Labute approximate surface area is 182 Å². The first-order valence-electron chi connectivity index (χ1n) is 11.2. The summed E-state index contributed by atoms with van der Waals surface area (Å²) in [4.78, 5) is 9.23. The Balaban J connectivity index is 1.30. The molecule has 1 aliphatic carbocycles. The molecule has 0 spiro atoms. The van der Waals surface area contributed by atoms with E-state index in [-0.39, 0.29) is 24.3 Å². The maximum Gasteiger partial charge on any atom is 0.219 e. The summed E-state index contributed by atoms with van der Waals surface area (Å²) >= 11 is 0. The molecule has 4 aromatic rings. The molecule has 2 aliphatic rings. The molecule has 152 valence electrons. The van der Waals surface area contributed by atoms with E-state index in [9.17, 15) is 5.11 Å². The lowest BCUT2D eigenvalue weighted by atomic mass is 9.86. The topological polar surface area (TPSA) is 63.9 Å². The number of aryl methyl sites for hydroxylation is 1. The van der Waals surface area contributed by atoms with Gasteiger partial charge in [-0.05, 0) is 54.3 Å². The summed E-state index contributed by atoms with van der Waals surface area (Å²) in [7, 11) is 0. The van der Waals surface area contributed by atoms with Gasteiger partial charge in [-0.15, -0.1) is 0 Å². The second-order valence-electron chi connectivity index (χ2n) is 7.63. The number of aromatic hydroxyl groups is 1. The Bertz CT molecular complexity index is 1420. The number of hydrogen-bond donors (Lipinski definition) is 1. The van der Waals surface area contributed by atoms with Gasteiger partial charge in [0.1, 0.15) is 29.2 Å². The first-order chi connectivity index (χ1) is 16.0. The van der Waals surface area contributed by atoms with E-state index in [2.05, 4.69) is 4.98 Å². The number of para-hydroxylation sites is 1. The van der Waals surface area contributed by atoms with Crippen LogP contribution in [-0.2, 0) is 11.1 Å². The minimum Gasteiger partial charge on any atom is -0.506 e. The van der Waals surface area contributed by atoms with Crippen molar-refractivity contribution in [1.29, 1.82) is 0 Å². The lowest BCUT2D eigenvalue weighted by molar-refractivity contribution is 0.174. The molecule has 0 saturated carbocycles. The second-order valence-corrected chi connectivity index (χ2v) is 7.63. The first-order valence-corrected chi connectivity index (χ1v) is 10.2. The Morgan fingerprint density at radius 3 is 2.87 bits per heavy atom. The predicted molar refractivity (Wildman–Crippen MR) is 119 cm³/mol. The van der Waals surface area contributed by atoms with Crippen molar-refractivity contribution < 1.29 is 17.3 Å². The van der Waals surface area contributed by atoms with Crippen molar-refractivity contribution in [3.05, 3.63) is 95.6 Å². The van der Waals surface area contributed by atoms with Crippen LogP contribution in [0, 0.1) is 0 Å². The summed E-state index contributed by atoms with van der Waals surface area (Å²) in [5, 5.41) is 10.9. The molecular weight excluding hydrogens is 388 g/mol. The summed E-state index contributed by atoms with van der Waals surface area (Å²) in [5.74, 6) is 1.51. The van der Waals surface area contributed by atoms with E-state index in [0.29, 0.717) is 28.6 Å². The highest BCUT2D eigenvalue weighted by molar-refractivity contribution is 5.96. The van der Waals surface area contributed by atoms with Gasteiger partial charge in [0.15, 0.2) is 0 Å². The normalized spacial score (nSPS) is 21.9. The van der Waals surface area contributed by atoms with Crippen LogP contribution in [-0.4, -0.2) is 22.1 Å². The van der Waals surface area contributed by atoms with Crippen LogP contribution in [0.2, 0.25) is 0 Å². The lowest BCUT2D eigenvalue weighted by Gasteiger charge is -2.25. The highest BCUT2D eigenvalue weighted by Gasteiger charge is 2.36. The van der Waals surface area contributed by atoms with Crippen molar-refractivity contribution in [3.63, 3.8) is 0 Å². The third-order valence-electron chi connectivity index (χ3n) is 5.62. The van der Waals surface area contributed by atoms with Crippen molar-refractivity contribution in [2.24, 2.45) is 4.99 Å². The van der Waals surface area contributed by atoms with Gasteiger partial charge in [0.2, 0.25) is 11.8 Å². The molecule has 3 aromatic carbocycles.